The summed E-state index contributed by atoms with van der Waals surface area (Å²) in [5, 5.41) is 3.32. The quantitative estimate of drug-likeness (QED) is 0.734. The Morgan fingerprint density at radius 1 is 1.31 bits per heavy atom. The van der Waals surface area contributed by atoms with Crippen LogP contribution in [-0.2, 0) is 4.79 Å². The third-order valence-electron chi connectivity index (χ3n) is 4.03. The number of hydrogen-bond acceptors (Lipinski definition) is 2. The fraction of sp³-hybridized carbons (Fsp3) is 0.923. The number of likely N-dealkylation sites (tertiary alicyclic amines) is 1. The minimum absolute atomic E-state index is 0.0708. The van der Waals surface area contributed by atoms with Crippen LogP contribution in [0.3, 0.4) is 0 Å². The molecule has 2 fully saturated rings. The minimum Gasteiger partial charge on any atom is -0.337 e. The number of hydrogen-bond donors (Lipinski definition) is 1. The van der Waals surface area contributed by atoms with E-state index >= 15 is 0 Å². The molecule has 0 aromatic heterocycles. The molecule has 2 rings (SSSR count). The van der Waals surface area contributed by atoms with Crippen LogP contribution in [0.15, 0.2) is 0 Å². The van der Waals surface area contributed by atoms with Crippen LogP contribution in [-0.4, -0.2) is 36.0 Å². The molecule has 3 heteroatoms. The van der Waals surface area contributed by atoms with E-state index in [2.05, 4.69) is 31.0 Å². The molecule has 0 spiro atoms. The first kappa shape index (κ1) is 11.9. The van der Waals surface area contributed by atoms with Crippen molar-refractivity contribution < 1.29 is 4.79 Å². The van der Waals surface area contributed by atoms with Gasteiger partial charge in [-0.15, -0.1) is 0 Å². The van der Waals surface area contributed by atoms with Crippen LogP contribution in [0.25, 0.3) is 0 Å². The fourth-order valence-electron chi connectivity index (χ4n) is 3.26. The first-order valence-electron chi connectivity index (χ1n) is 6.53. The molecular formula is C13H24N2O. The van der Waals surface area contributed by atoms with Crippen molar-refractivity contribution in [3.05, 3.63) is 0 Å². The SMILES string of the molecule is CC1CN(C(=O)C2CCNCC2)C(C)(C)C1. The Bertz CT molecular complexity index is 269. The lowest BCUT2D eigenvalue weighted by molar-refractivity contribution is -0.139. The Kier molecular flexibility index (Phi) is 3.24. The van der Waals surface area contributed by atoms with E-state index in [1.165, 1.54) is 0 Å². The minimum atomic E-state index is 0.0708. The van der Waals surface area contributed by atoms with E-state index in [4.69, 9.17) is 0 Å². The number of amides is 1. The third-order valence-corrected chi connectivity index (χ3v) is 4.03. The maximum absolute atomic E-state index is 12.5. The lowest BCUT2D eigenvalue weighted by Gasteiger charge is -2.35. The predicted molar refractivity (Wildman–Crippen MR) is 65.2 cm³/mol. The second-order valence-corrected chi connectivity index (χ2v) is 6.09. The van der Waals surface area contributed by atoms with Gasteiger partial charge in [0.15, 0.2) is 0 Å². The number of piperidine rings is 1. The molecule has 2 aliphatic heterocycles. The molecule has 0 aliphatic carbocycles. The van der Waals surface area contributed by atoms with Gasteiger partial charge in [0, 0.05) is 18.0 Å². The van der Waals surface area contributed by atoms with Gasteiger partial charge < -0.3 is 10.2 Å². The number of carbonyl (C=O) groups excluding carboxylic acids is 1. The smallest absolute Gasteiger partial charge is 0.226 e. The molecule has 2 heterocycles. The van der Waals surface area contributed by atoms with Gasteiger partial charge in [0.1, 0.15) is 0 Å². The van der Waals surface area contributed by atoms with Crippen molar-refractivity contribution in [3.8, 4) is 0 Å². The lowest BCUT2D eigenvalue weighted by atomic mass is 9.93. The van der Waals surface area contributed by atoms with E-state index in [0.29, 0.717) is 11.8 Å². The highest BCUT2D eigenvalue weighted by Gasteiger charge is 2.41. The predicted octanol–water partition coefficient (Wildman–Crippen LogP) is 1.63. The number of nitrogens with zero attached hydrogens (tertiary/aromatic N) is 1. The second-order valence-electron chi connectivity index (χ2n) is 6.09. The maximum atomic E-state index is 12.5. The fourth-order valence-corrected chi connectivity index (χ4v) is 3.26. The van der Waals surface area contributed by atoms with Crippen LogP contribution in [0.2, 0.25) is 0 Å². The van der Waals surface area contributed by atoms with E-state index < -0.39 is 0 Å². The standard InChI is InChI=1S/C13H24N2O/c1-10-8-13(2,3)15(9-10)12(16)11-4-6-14-7-5-11/h10-11,14H,4-9H2,1-3H3. The number of carbonyl (C=O) groups is 1. The normalized spacial score (nSPS) is 30.7. The van der Waals surface area contributed by atoms with Gasteiger partial charge in [-0.05, 0) is 52.1 Å². The average Bonchev–Trinajstić information content (AvgIpc) is 2.52. The maximum Gasteiger partial charge on any atom is 0.226 e. The summed E-state index contributed by atoms with van der Waals surface area (Å²) in [6.07, 6.45) is 3.17. The van der Waals surface area contributed by atoms with Crippen LogP contribution in [0.4, 0.5) is 0 Å². The highest BCUT2D eigenvalue weighted by atomic mass is 16.2. The molecule has 2 aliphatic rings. The molecule has 0 aromatic carbocycles. The Morgan fingerprint density at radius 3 is 2.44 bits per heavy atom. The lowest BCUT2D eigenvalue weighted by Crippen LogP contribution is -2.47. The van der Waals surface area contributed by atoms with Crippen molar-refractivity contribution in [1.29, 1.82) is 0 Å². The van der Waals surface area contributed by atoms with Gasteiger partial charge in [0.2, 0.25) is 5.91 Å². The first-order chi connectivity index (χ1) is 7.50. The molecule has 0 aromatic rings. The van der Waals surface area contributed by atoms with E-state index in [1.807, 2.05) is 0 Å². The zero-order chi connectivity index (χ0) is 11.8. The zero-order valence-electron chi connectivity index (χ0n) is 10.8. The molecular weight excluding hydrogens is 200 g/mol. The number of rotatable bonds is 1. The zero-order valence-corrected chi connectivity index (χ0v) is 10.8. The van der Waals surface area contributed by atoms with Gasteiger partial charge in [-0.1, -0.05) is 6.92 Å². The first-order valence-corrected chi connectivity index (χ1v) is 6.53. The van der Waals surface area contributed by atoms with Gasteiger partial charge in [-0.25, -0.2) is 0 Å². The van der Waals surface area contributed by atoms with Crippen LogP contribution < -0.4 is 5.32 Å². The van der Waals surface area contributed by atoms with Crippen LogP contribution in [0.5, 0.6) is 0 Å². The summed E-state index contributed by atoms with van der Waals surface area (Å²) in [5.74, 6) is 1.32. The molecule has 1 amide bonds. The third kappa shape index (κ3) is 2.24. The molecule has 92 valence electrons. The Morgan fingerprint density at radius 2 is 1.94 bits per heavy atom. The molecule has 2 saturated heterocycles. The highest BCUT2D eigenvalue weighted by molar-refractivity contribution is 5.80. The molecule has 16 heavy (non-hydrogen) atoms. The average molecular weight is 224 g/mol. The van der Waals surface area contributed by atoms with Crippen LogP contribution in [0.1, 0.15) is 40.0 Å². The summed E-state index contributed by atoms with van der Waals surface area (Å²) in [6.45, 7) is 9.61. The van der Waals surface area contributed by atoms with Gasteiger partial charge >= 0.3 is 0 Å². The largest absolute Gasteiger partial charge is 0.337 e. The molecule has 1 atom stereocenters. The van der Waals surface area contributed by atoms with Crippen molar-refractivity contribution in [1.82, 2.24) is 10.2 Å². The molecule has 0 radical (unpaired) electrons. The molecule has 0 saturated carbocycles. The van der Waals surface area contributed by atoms with E-state index in [0.717, 1.165) is 38.9 Å². The topological polar surface area (TPSA) is 32.3 Å². The Labute approximate surface area is 98.6 Å². The van der Waals surface area contributed by atoms with E-state index in [9.17, 15) is 4.79 Å². The molecule has 1 N–H and O–H groups in total. The summed E-state index contributed by atoms with van der Waals surface area (Å²) >= 11 is 0. The Balaban J connectivity index is 2.03. The van der Waals surface area contributed by atoms with Crippen LogP contribution in [0, 0.1) is 11.8 Å². The molecule has 0 bridgehead atoms. The molecule has 3 nitrogen and oxygen atoms in total. The van der Waals surface area contributed by atoms with Crippen molar-refractivity contribution in [2.45, 2.75) is 45.6 Å². The van der Waals surface area contributed by atoms with Crippen molar-refractivity contribution in [2.24, 2.45) is 11.8 Å². The summed E-state index contributed by atoms with van der Waals surface area (Å²) < 4.78 is 0. The molecule has 1 unspecified atom stereocenters. The van der Waals surface area contributed by atoms with Gasteiger partial charge in [0.05, 0.1) is 0 Å². The van der Waals surface area contributed by atoms with Gasteiger partial charge in [0.25, 0.3) is 0 Å². The van der Waals surface area contributed by atoms with Crippen molar-refractivity contribution in [2.75, 3.05) is 19.6 Å². The van der Waals surface area contributed by atoms with E-state index in [-0.39, 0.29) is 11.5 Å². The number of nitrogens with one attached hydrogen (secondary N) is 1. The summed E-state index contributed by atoms with van der Waals surface area (Å²) in [4.78, 5) is 14.6. The summed E-state index contributed by atoms with van der Waals surface area (Å²) in [6, 6.07) is 0. The second kappa shape index (κ2) is 4.36. The van der Waals surface area contributed by atoms with Crippen molar-refractivity contribution >= 4 is 5.91 Å². The van der Waals surface area contributed by atoms with Gasteiger partial charge in [-0.2, -0.15) is 0 Å². The Hall–Kier alpha value is -0.570. The van der Waals surface area contributed by atoms with Crippen molar-refractivity contribution in [3.63, 3.8) is 0 Å². The van der Waals surface area contributed by atoms with Gasteiger partial charge in [-0.3, -0.25) is 4.79 Å². The summed E-state index contributed by atoms with van der Waals surface area (Å²) in [5.41, 5.74) is 0.0708. The van der Waals surface area contributed by atoms with E-state index in [1.54, 1.807) is 0 Å². The van der Waals surface area contributed by atoms with Crippen LogP contribution >= 0.6 is 0 Å². The monoisotopic (exact) mass is 224 g/mol. The highest BCUT2D eigenvalue weighted by Crippen LogP contribution is 2.34. The summed E-state index contributed by atoms with van der Waals surface area (Å²) in [7, 11) is 0.